The van der Waals surface area contributed by atoms with E-state index in [1.54, 1.807) is 12.1 Å². The molecule has 0 spiro atoms. The molecule has 5 heteroatoms. The monoisotopic (exact) mass is 263 g/mol. The maximum atomic E-state index is 12.8. The molecule has 0 aliphatic heterocycles. The number of aliphatic hydroxyl groups excluding tert-OH is 1. The van der Waals surface area contributed by atoms with Crippen molar-refractivity contribution >= 4 is 0 Å². The highest BCUT2D eigenvalue weighted by Gasteiger charge is 2.10. The molecule has 1 aromatic heterocycles. The van der Waals surface area contributed by atoms with Crippen molar-refractivity contribution in [3.63, 3.8) is 0 Å². The summed E-state index contributed by atoms with van der Waals surface area (Å²) >= 11 is 0. The number of hydrogen-bond acceptors (Lipinski definition) is 3. The van der Waals surface area contributed by atoms with E-state index >= 15 is 0 Å². The molecule has 2 aromatic rings. The van der Waals surface area contributed by atoms with Crippen LogP contribution in [0.5, 0.6) is 5.75 Å². The average Bonchev–Trinajstić information content (AvgIpc) is 2.41. The maximum absolute atomic E-state index is 12.8. The Morgan fingerprint density at radius 1 is 1.21 bits per heavy atom. The van der Waals surface area contributed by atoms with Crippen LogP contribution < -0.4 is 5.43 Å². The summed E-state index contributed by atoms with van der Waals surface area (Å²) in [5.41, 5.74) is 1.01. The molecule has 0 saturated heterocycles. The Morgan fingerprint density at radius 3 is 2.53 bits per heavy atom. The van der Waals surface area contributed by atoms with Crippen LogP contribution in [-0.2, 0) is 12.8 Å². The number of rotatable bonds is 4. The molecule has 0 amide bonds. The van der Waals surface area contributed by atoms with Gasteiger partial charge in [0, 0.05) is 31.2 Å². The lowest BCUT2D eigenvalue weighted by Crippen LogP contribution is -2.13. The number of pyridine rings is 1. The van der Waals surface area contributed by atoms with Crippen molar-refractivity contribution in [1.29, 1.82) is 0 Å². The standard InChI is InChI=1S/C14H14FNO3/c15-11-3-1-9(2-4-11)7-12-14(19)13(18)10(5-6-17)8-16-12/h1-4,8,17,19H,5-7H2,(H,16,18). The van der Waals surface area contributed by atoms with Crippen molar-refractivity contribution < 1.29 is 14.6 Å². The molecule has 19 heavy (non-hydrogen) atoms. The Balaban J connectivity index is 2.29. The van der Waals surface area contributed by atoms with Gasteiger partial charge < -0.3 is 15.2 Å². The van der Waals surface area contributed by atoms with Gasteiger partial charge in [-0.05, 0) is 17.7 Å². The lowest BCUT2D eigenvalue weighted by Gasteiger charge is -2.06. The quantitative estimate of drug-likeness (QED) is 0.779. The first-order valence-electron chi connectivity index (χ1n) is 5.89. The number of aromatic amines is 1. The Hall–Kier alpha value is -2.14. The summed E-state index contributed by atoms with van der Waals surface area (Å²) < 4.78 is 12.8. The summed E-state index contributed by atoms with van der Waals surface area (Å²) in [5.74, 6) is -0.685. The van der Waals surface area contributed by atoms with E-state index in [4.69, 9.17) is 5.11 Å². The lowest BCUT2D eigenvalue weighted by molar-refractivity contribution is 0.299. The summed E-state index contributed by atoms with van der Waals surface area (Å²) in [7, 11) is 0. The van der Waals surface area contributed by atoms with Crippen molar-refractivity contribution in [2.75, 3.05) is 6.61 Å². The van der Waals surface area contributed by atoms with Gasteiger partial charge in [-0.2, -0.15) is 0 Å². The fourth-order valence-corrected chi connectivity index (χ4v) is 1.84. The Bertz CT molecular complexity index is 620. The van der Waals surface area contributed by atoms with Crippen LogP contribution in [0.2, 0.25) is 0 Å². The Labute approximate surface area is 109 Å². The van der Waals surface area contributed by atoms with Gasteiger partial charge in [-0.15, -0.1) is 0 Å². The molecule has 100 valence electrons. The van der Waals surface area contributed by atoms with E-state index in [-0.39, 0.29) is 24.6 Å². The second-order valence-electron chi connectivity index (χ2n) is 4.25. The van der Waals surface area contributed by atoms with Gasteiger partial charge in [0.15, 0.2) is 5.75 Å². The minimum absolute atomic E-state index is 0.153. The number of hydrogen-bond donors (Lipinski definition) is 3. The molecule has 0 fully saturated rings. The SMILES string of the molecule is O=c1c(CCO)c[nH]c(Cc2ccc(F)cc2)c1O. The van der Waals surface area contributed by atoms with E-state index in [0.29, 0.717) is 17.7 Å². The minimum Gasteiger partial charge on any atom is -0.503 e. The molecule has 3 N–H and O–H groups in total. The highest BCUT2D eigenvalue weighted by Crippen LogP contribution is 2.15. The molecule has 0 aliphatic rings. The van der Waals surface area contributed by atoms with Crippen LogP contribution in [0.1, 0.15) is 16.8 Å². The molecule has 1 aromatic carbocycles. The predicted octanol–water partition coefficient (Wildman–Crippen LogP) is 1.35. The smallest absolute Gasteiger partial charge is 0.226 e. The average molecular weight is 263 g/mol. The zero-order valence-corrected chi connectivity index (χ0v) is 10.2. The zero-order valence-electron chi connectivity index (χ0n) is 10.2. The van der Waals surface area contributed by atoms with Crippen molar-refractivity contribution in [3.05, 3.63) is 63.3 Å². The molecule has 0 radical (unpaired) electrons. The summed E-state index contributed by atoms with van der Waals surface area (Å²) in [5, 5.41) is 18.6. The van der Waals surface area contributed by atoms with E-state index in [0.717, 1.165) is 5.56 Å². The molecule has 0 atom stereocenters. The van der Waals surface area contributed by atoms with Crippen LogP contribution in [0.3, 0.4) is 0 Å². The number of aromatic nitrogens is 1. The predicted molar refractivity (Wildman–Crippen MR) is 68.7 cm³/mol. The molecule has 0 bridgehead atoms. The number of aliphatic hydroxyl groups is 1. The number of halogens is 1. The van der Waals surface area contributed by atoms with Crippen LogP contribution in [0.4, 0.5) is 4.39 Å². The third-order valence-electron chi connectivity index (χ3n) is 2.89. The highest BCUT2D eigenvalue weighted by atomic mass is 19.1. The van der Waals surface area contributed by atoms with Crippen molar-refractivity contribution in [2.45, 2.75) is 12.8 Å². The molecule has 1 heterocycles. The molecule has 0 unspecified atom stereocenters. The van der Waals surface area contributed by atoms with E-state index in [1.807, 2.05) is 0 Å². The maximum Gasteiger partial charge on any atom is 0.226 e. The topological polar surface area (TPSA) is 73.3 Å². The van der Waals surface area contributed by atoms with Gasteiger partial charge in [0.1, 0.15) is 5.82 Å². The van der Waals surface area contributed by atoms with Crippen LogP contribution >= 0.6 is 0 Å². The Kier molecular flexibility index (Phi) is 3.97. The molecule has 0 saturated carbocycles. The van der Waals surface area contributed by atoms with Gasteiger partial charge in [-0.25, -0.2) is 4.39 Å². The fourth-order valence-electron chi connectivity index (χ4n) is 1.84. The molecule has 0 aliphatic carbocycles. The molecular formula is C14H14FNO3. The number of benzene rings is 1. The van der Waals surface area contributed by atoms with Gasteiger partial charge in [-0.1, -0.05) is 12.1 Å². The first-order valence-corrected chi connectivity index (χ1v) is 5.89. The first kappa shape index (κ1) is 13.3. The van der Waals surface area contributed by atoms with Crippen molar-refractivity contribution in [2.24, 2.45) is 0 Å². The highest BCUT2D eigenvalue weighted by molar-refractivity contribution is 5.34. The van der Waals surface area contributed by atoms with Gasteiger partial charge in [-0.3, -0.25) is 4.79 Å². The molecule has 2 rings (SSSR count). The van der Waals surface area contributed by atoms with Gasteiger partial charge in [0.25, 0.3) is 0 Å². The third kappa shape index (κ3) is 3.00. The number of H-pyrrole nitrogens is 1. The second-order valence-corrected chi connectivity index (χ2v) is 4.25. The summed E-state index contributed by atoms with van der Waals surface area (Å²) in [6.45, 7) is -0.153. The second kappa shape index (κ2) is 5.67. The Morgan fingerprint density at radius 2 is 1.89 bits per heavy atom. The summed E-state index contributed by atoms with van der Waals surface area (Å²) in [4.78, 5) is 14.6. The van der Waals surface area contributed by atoms with Gasteiger partial charge >= 0.3 is 0 Å². The lowest BCUT2D eigenvalue weighted by atomic mass is 10.1. The normalized spacial score (nSPS) is 10.6. The number of aromatic hydroxyl groups is 1. The largest absolute Gasteiger partial charge is 0.503 e. The fraction of sp³-hybridized carbons (Fsp3) is 0.214. The summed E-state index contributed by atoms with van der Waals surface area (Å²) in [6, 6.07) is 5.83. The van der Waals surface area contributed by atoms with Crippen LogP contribution in [0, 0.1) is 5.82 Å². The van der Waals surface area contributed by atoms with Gasteiger partial charge in [0.2, 0.25) is 5.43 Å². The van der Waals surface area contributed by atoms with Crippen LogP contribution in [-0.4, -0.2) is 21.8 Å². The van der Waals surface area contributed by atoms with E-state index in [9.17, 15) is 14.3 Å². The zero-order chi connectivity index (χ0) is 13.8. The van der Waals surface area contributed by atoms with Crippen molar-refractivity contribution in [1.82, 2.24) is 4.98 Å². The van der Waals surface area contributed by atoms with E-state index in [1.165, 1.54) is 18.3 Å². The third-order valence-corrected chi connectivity index (χ3v) is 2.89. The van der Waals surface area contributed by atoms with Crippen molar-refractivity contribution in [3.8, 4) is 5.75 Å². The molecule has 4 nitrogen and oxygen atoms in total. The first-order chi connectivity index (χ1) is 9.11. The molecular weight excluding hydrogens is 249 g/mol. The van der Waals surface area contributed by atoms with E-state index in [2.05, 4.69) is 4.98 Å². The van der Waals surface area contributed by atoms with Crippen LogP contribution in [0.25, 0.3) is 0 Å². The summed E-state index contributed by atoms with van der Waals surface area (Å²) in [6.07, 6.45) is 1.98. The minimum atomic E-state index is -0.482. The van der Waals surface area contributed by atoms with E-state index < -0.39 is 5.43 Å². The van der Waals surface area contributed by atoms with Crippen LogP contribution in [0.15, 0.2) is 35.3 Å². The van der Waals surface area contributed by atoms with Gasteiger partial charge in [0.05, 0.1) is 5.69 Å². The number of nitrogens with one attached hydrogen (secondary N) is 1.